The van der Waals surface area contributed by atoms with Crippen LogP contribution in [0.5, 0.6) is 0 Å². The van der Waals surface area contributed by atoms with Crippen molar-refractivity contribution in [2.24, 2.45) is 0 Å². The van der Waals surface area contributed by atoms with Crippen LogP contribution in [-0.4, -0.2) is 16.8 Å². The highest BCUT2D eigenvalue weighted by atomic mass is 79.9. The van der Waals surface area contributed by atoms with E-state index < -0.39 is 6.10 Å². The number of rotatable bonds is 2. The summed E-state index contributed by atoms with van der Waals surface area (Å²) in [6.07, 6.45) is -0.777. The lowest BCUT2D eigenvalue weighted by Gasteiger charge is -2.08. The smallest absolute Gasteiger partial charge is 0.102 e. The SMILES string of the molecule is Cc1cc(Br)cc(C(O)CO)c1. The summed E-state index contributed by atoms with van der Waals surface area (Å²) in [4.78, 5) is 0. The van der Waals surface area contributed by atoms with Crippen LogP contribution in [0.2, 0.25) is 0 Å². The molecule has 66 valence electrons. The first-order chi connectivity index (χ1) is 5.63. The van der Waals surface area contributed by atoms with E-state index in [-0.39, 0.29) is 6.61 Å². The molecule has 0 saturated heterocycles. The predicted octanol–water partition coefficient (Wildman–Crippen LogP) is 1.78. The Morgan fingerprint density at radius 2 is 2.08 bits per heavy atom. The number of aryl methyl sites for hydroxylation is 1. The van der Waals surface area contributed by atoms with Crippen LogP contribution in [0.1, 0.15) is 17.2 Å². The van der Waals surface area contributed by atoms with Gasteiger partial charge in [-0.15, -0.1) is 0 Å². The van der Waals surface area contributed by atoms with Crippen molar-refractivity contribution in [1.82, 2.24) is 0 Å². The molecular weight excluding hydrogens is 220 g/mol. The highest BCUT2D eigenvalue weighted by molar-refractivity contribution is 9.10. The van der Waals surface area contributed by atoms with Crippen LogP contribution >= 0.6 is 15.9 Å². The van der Waals surface area contributed by atoms with Crippen molar-refractivity contribution in [3.63, 3.8) is 0 Å². The molecule has 0 bridgehead atoms. The van der Waals surface area contributed by atoms with Gasteiger partial charge in [0.15, 0.2) is 0 Å². The molecule has 1 rings (SSSR count). The van der Waals surface area contributed by atoms with Crippen LogP contribution in [0.4, 0.5) is 0 Å². The second-order valence-electron chi connectivity index (χ2n) is 2.76. The molecule has 3 heteroatoms. The molecule has 1 unspecified atom stereocenters. The Kier molecular flexibility index (Phi) is 3.26. The lowest BCUT2D eigenvalue weighted by atomic mass is 10.1. The Balaban J connectivity index is 3.00. The van der Waals surface area contributed by atoms with E-state index in [0.717, 1.165) is 15.6 Å². The number of aliphatic hydroxyl groups excluding tert-OH is 2. The van der Waals surface area contributed by atoms with Crippen molar-refractivity contribution >= 4 is 15.9 Å². The van der Waals surface area contributed by atoms with E-state index in [1.54, 1.807) is 6.07 Å². The van der Waals surface area contributed by atoms with Gasteiger partial charge < -0.3 is 10.2 Å². The summed E-state index contributed by atoms with van der Waals surface area (Å²) in [5, 5.41) is 18.0. The van der Waals surface area contributed by atoms with Crippen molar-refractivity contribution in [1.29, 1.82) is 0 Å². The fourth-order valence-corrected chi connectivity index (χ4v) is 1.69. The van der Waals surface area contributed by atoms with E-state index in [0.29, 0.717) is 0 Å². The highest BCUT2D eigenvalue weighted by Crippen LogP contribution is 2.20. The van der Waals surface area contributed by atoms with E-state index in [9.17, 15) is 5.11 Å². The van der Waals surface area contributed by atoms with Crippen LogP contribution in [0.15, 0.2) is 22.7 Å². The maximum atomic E-state index is 9.31. The van der Waals surface area contributed by atoms with Crippen LogP contribution in [-0.2, 0) is 0 Å². The monoisotopic (exact) mass is 230 g/mol. The Bertz CT molecular complexity index is 253. The Morgan fingerprint density at radius 1 is 1.42 bits per heavy atom. The summed E-state index contributed by atoms with van der Waals surface area (Å²) in [6.45, 7) is 1.70. The molecule has 0 amide bonds. The van der Waals surface area contributed by atoms with E-state index in [4.69, 9.17) is 5.11 Å². The summed E-state index contributed by atoms with van der Waals surface area (Å²) in [6, 6.07) is 5.60. The maximum absolute atomic E-state index is 9.31. The molecule has 0 aliphatic rings. The molecule has 12 heavy (non-hydrogen) atoms. The Labute approximate surface area is 80.0 Å². The van der Waals surface area contributed by atoms with Gasteiger partial charge in [0.25, 0.3) is 0 Å². The zero-order chi connectivity index (χ0) is 9.14. The van der Waals surface area contributed by atoms with Gasteiger partial charge in [-0.2, -0.15) is 0 Å². The molecule has 0 saturated carbocycles. The fraction of sp³-hybridized carbons (Fsp3) is 0.333. The molecule has 0 aliphatic carbocycles. The molecule has 2 N–H and O–H groups in total. The van der Waals surface area contributed by atoms with Gasteiger partial charge in [0.1, 0.15) is 6.10 Å². The number of benzene rings is 1. The average molecular weight is 231 g/mol. The van der Waals surface area contributed by atoms with E-state index in [2.05, 4.69) is 15.9 Å². The van der Waals surface area contributed by atoms with Gasteiger partial charge in [0.05, 0.1) is 6.61 Å². The maximum Gasteiger partial charge on any atom is 0.102 e. The van der Waals surface area contributed by atoms with E-state index >= 15 is 0 Å². The summed E-state index contributed by atoms with van der Waals surface area (Å²) in [5.41, 5.74) is 1.80. The van der Waals surface area contributed by atoms with E-state index in [1.807, 2.05) is 19.1 Å². The standard InChI is InChI=1S/C9H11BrO2/c1-6-2-7(9(12)5-11)4-8(10)3-6/h2-4,9,11-12H,5H2,1H3. The van der Waals surface area contributed by atoms with Crippen LogP contribution in [0, 0.1) is 6.92 Å². The molecule has 1 atom stereocenters. The van der Waals surface area contributed by atoms with Crippen LogP contribution in [0.25, 0.3) is 0 Å². The molecule has 0 aromatic heterocycles. The summed E-state index contributed by atoms with van der Waals surface area (Å²) >= 11 is 3.32. The van der Waals surface area contributed by atoms with Gasteiger partial charge in [-0.1, -0.05) is 22.0 Å². The predicted molar refractivity (Wildman–Crippen MR) is 50.9 cm³/mol. The summed E-state index contributed by atoms with van der Waals surface area (Å²) in [7, 11) is 0. The minimum absolute atomic E-state index is 0.240. The van der Waals surface area contributed by atoms with Gasteiger partial charge in [-0.25, -0.2) is 0 Å². The second kappa shape index (κ2) is 4.03. The quantitative estimate of drug-likeness (QED) is 0.814. The first kappa shape index (κ1) is 9.71. The molecule has 0 aliphatic heterocycles. The molecule has 0 heterocycles. The molecular formula is C9H11BrO2. The van der Waals surface area contributed by atoms with Crippen molar-refractivity contribution in [2.45, 2.75) is 13.0 Å². The van der Waals surface area contributed by atoms with Gasteiger partial charge in [-0.3, -0.25) is 0 Å². The van der Waals surface area contributed by atoms with Gasteiger partial charge in [0.2, 0.25) is 0 Å². The van der Waals surface area contributed by atoms with Crippen molar-refractivity contribution in [2.75, 3.05) is 6.61 Å². The van der Waals surface area contributed by atoms with Crippen molar-refractivity contribution in [3.05, 3.63) is 33.8 Å². The number of halogens is 1. The molecule has 1 aromatic carbocycles. The zero-order valence-electron chi connectivity index (χ0n) is 6.79. The fourth-order valence-electron chi connectivity index (χ4n) is 1.06. The van der Waals surface area contributed by atoms with Gasteiger partial charge in [0, 0.05) is 4.47 Å². The highest BCUT2D eigenvalue weighted by Gasteiger charge is 2.06. The lowest BCUT2D eigenvalue weighted by molar-refractivity contribution is 0.0955. The van der Waals surface area contributed by atoms with Crippen LogP contribution in [0.3, 0.4) is 0 Å². The topological polar surface area (TPSA) is 40.5 Å². The van der Waals surface area contributed by atoms with Gasteiger partial charge in [-0.05, 0) is 30.2 Å². The average Bonchev–Trinajstić information content (AvgIpc) is 2.01. The Morgan fingerprint density at radius 3 is 2.58 bits per heavy atom. The van der Waals surface area contributed by atoms with Crippen molar-refractivity contribution in [3.8, 4) is 0 Å². The molecule has 2 nitrogen and oxygen atoms in total. The second-order valence-corrected chi connectivity index (χ2v) is 3.68. The summed E-state index contributed by atoms with van der Waals surface area (Å²) < 4.78 is 0.921. The largest absolute Gasteiger partial charge is 0.393 e. The number of hydrogen-bond donors (Lipinski definition) is 2. The number of aliphatic hydroxyl groups is 2. The minimum atomic E-state index is -0.777. The summed E-state index contributed by atoms with van der Waals surface area (Å²) in [5.74, 6) is 0. The zero-order valence-corrected chi connectivity index (χ0v) is 8.37. The van der Waals surface area contributed by atoms with Gasteiger partial charge >= 0.3 is 0 Å². The minimum Gasteiger partial charge on any atom is -0.393 e. The number of hydrogen-bond acceptors (Lipinski definition) is 2. The molecule has 0 spiro atoms. The normalized spacial score (nSPS) is 13.0. The first-order valence-electron chi connectivity index (χ1n) is 3.69. The molecule has 0 fully saturated rings. The van der Waals surface area contributed by atoms with Crippen LogP contribution < -0.4 is 0 Å². The third-order valence-corrected chi connectivity index (χ3v) is 2.08. The lowest BCUT2D eigenvalue weighted by Crippen LogP contribution is -2.02. The molecule has 1 aromatic rings. The Hall–Kier alpha value is -0.380. The van der Waals surface area contributed by atoms with Crippen molar-refractivity contribution < 1.29 is 10.2 Å². The first-order valence-corrected chi connectivity index (χ1v) is 4.49. The molecule has 0 radical (unpaired) electrons. The third kappa shape index (κ3) is 2.30. The third-order valence-electron chi connectivity index (χ3n) is 1.62. The van der Waals surface area contributed by atoms with E-state index in [1.165, 1.54) is 0 Å².